The highest BCUT2D eigenvalue weighted by molar-refractivity contribution is 5.77. The monoisotopic (exact) mass is 324 g/mol. The number of alkyl halides is 1. The third kappa shape index (κ3) is 4.99. The van der Waals surface area contributed by atoms with Crippen LogP contribution in [0.4, 0.5) is 8.78 Å². The quantitative estimate of drug-likeness (QED) is 0.802. The van der Waals surface area contributed by atoms with Crippen LogP contribution in [0, 0.1) is 11.7 Å². The van der Waals surface area contributed by atoms with E-state index in [1.807, 2.05) is 4.90 Å². The van der Waals surface area contributed by atoms with Gasteiger partial charge in [0.05, 0.1) is 6.67 Å². The van der Waals surface area contributed by atoms with Crippen LogP contribution in [0.3, 0.4) is 0 Å². The van der Waals surface area contributed by atoms with Crippen LogP contribution >= 0.6 is 0 Å². The van der Waals surface area contributed by atoms with E-state index in [2.05, 4.69) is 18.7 Å². The van der Waals surface area contributed by atoms with E-state index in [9.17, 15) is 13.6 Å². The minimum absolute atomic E-state index is 0.0923. The molecule has 0 unspecified atom stereocenters. The number of amides is 1. The van der Waals surface area contributed by atoms with Crippen molar-refractivity contribution < 1.29 is 13.6 Å². The molecule has 128 valence electrons. The van der Waals surface area contributed by atoms with Gasteiger partial charge < -0.3 is 9.80 Å². The average molecular weight is 324 g/mol. The minimum atomic E-state index is -0.323. The maximum absolute atomic E-state index is 13.1. The molecule has 1 heterocycles. The summed E-state index contributed by atoms with van der Waals surface area (Å²) < 4.78 is 25.5. The summed E-state index contributed by atoms with van der Waals surface area (Å²) in [5.74, 6) is 0.162. The highest BCUT2D eigenvalue weighted by Gasteiger charge is 2.31. The Morgan fingerprint density at radius 2 is 1.96 bits per heavy atom. The standard InChI is InChI=1S/C18H26F2N2O/c1-14(2)17-13-21(10-3-9-19)11-8-18(23)22(17)12-15-4-6-16(20)7-5-15/h4-7,14,17H,3,8-13H2,1-2H3/t17-/m1/s1. The fraction of sp³-hybridized carbons (Fsp3) is 0.611. The number of rotatable bonds is 6. The van der Waals surface area contributed by atoms with Gasteiger partial charge in [-0.25, -0.2) is 4.39 Å². The van der Waals surface area contributed by atoms with Crippen molar-refractivity contribution in [2.45, 2.75) is 39.3 Å². The SMILES string of the molecule is CC(C)[C@H]1CN(CCCF)CCC(=O)N1Cc1ccc(F)cc1. The average Bonchev–Trinajstić information content (AvgIpc) is 2.68. The number of benzene rings is 1. The summed E-state index contributed by atoms with van der Waals surface area (Å²) >= 11 is 0. The normalized spacial score (nSPS) is 20.1. The second-order valence-corrected chi connectivity index (χ2v) is 6.55. The molecule has 0 spiro atoms. The van der Waals surface area contributed by atoms with E-state index in [4.69, 9.17) is 0 Å². The third-order valence-electron chi connectivity index (χ3n) is 4.45. The van der Waals surface area contributed by atoms with Gasteiger partial charge in [0.15, 0.2) is 0 Å². The first kappa shape index (κ1) is 17.9. The molecule has 0 saturated carbocycles. The van der Waals surface area contributed by atoms with E-state index in [0.29, 0.717) is 38.4 Å². The molecule has 1 fully saturated rings. The number of nitrogens with zero attached hydrogens (tertiary/aromatic N) is 2. The zero-order valence-electron chi connectivity index (χ0n) is 14.0. The van der Waals surface area contributed by atoms with Gasteiger partial charge in [-0.3, -0.25) is 9.18 Å². The zero-order chi connectivity index (χ0) is 16.8. The Morgan fingerprint density at radius 3 is 2.57 bits per heavy atom. The fourth-order valence-corrected chi connectivity index (χ4v) is 3.09. The maximum atomic E-state index is 13.1. The van der Waals surface area contributed by atoms with Crippen LogP contribution in [0.2, 0.25) is 0 Å². The number of carbonyl (C=O) groups excluding carboxylic acids is 1. The molecule has 0 N–H and O–H groups in total. The second kappa shape index (κ2) is 8.39. The zero-order valence-corrected chi connectivity index (χ0v) is 14.0. The molecule has 23 heavy (non-hydrogen) atoms. The number of halogens is 2. The van der Waals surface area contributed by atoms with E-state index >= 15 is 0 Å². The smallest absolute Gasteiger partial charge is 0.224 e. The van der Waals surface area contributed by atoms with Crippen molar-refractivity contribution in [2.75, 3.05) is 26.3 Å². The molecular weight excluding hydrogens is 298 g/mol. The Hall–Kier alpha value is -1.49. The lowest BCUT2D eigenvalue weighted by atomic mass is 10.0. The van der Waals surface area contributed by atoms with Gasteiger partial charge >= 0.3 is 0 Å². The Balaban J connectivity index is 2.13. The Bertz CT molecular complexity index is 504. The van der Waals surface area contributed by atoms with Crippen molar-refractivity contribution in [3.05, 3.63) is 35.6 Å². The van der Waals surface area contributed by atoms with E-state index in [-0.39, 0.29) is 24.4 Å². The van der Waals surface area contributed by atoms with E-state index in [0.717, 1.165) is 12.1 Å². The molecule has 2 rings (SSSR count). The largest absolute Gasteiger partial charge is 0.334 e. The van der Waals surface area contributed by atoms with Gasteiger partial charge in [-0.2, -0.15) is 0 Å². The predicted molar refractivity (Wildman–Crippen MR) is 87.2 cm³/mol. The van der Waals surface area contributed by atoms with Gasteiger partial charge in [0, 0.05) is 38.6 Å². The molecule has 0 aromatic heterocycles. The van der Waals surface area contributed by atoms with Crippen molar-refractivity contribution >= 4 is 5.91 Å². The molecule has 1 amide bonds. The molecule has 1 aliphatic rings. The van der Waals surface area contributed by atoms with Crippen molar-refractivity contribution in [1.82, 2.24) is 9.80 Å². The van der Waals surface area contributed by atoms with Gasteiger partial charge in [0.25, 0.3) is 0 Å². The minimum Gasteiger partial charge on any atom is -0.334 e. The summed E-state index contributed by atoms with van der Waals surface area (Å²) in [4.78, 5) is 16.7. The van der Waals surface area contributed by atoms with E-state index < -0.39 is 0 Å². The van der Waals surface area contributed by atoms with Crippen LogP contribution in [0.5, 0.6) is 0 Å². The lowest BCUT2D eigenvalue weighted by Gasteiger charge is -2.34. The van der Waals surface area contributed by atoms with Crippen molar-refractivity contribution in [3.8, 4) is 0 Å². The maximum Gasteiger partial charge on any atom is 0.224 e. The number of hydrogen-bond acceptors (Lipinski definition) is 2. The van der Waals surface area contributed by atoms with Crippen LogP contribution in [0.1, 0.15) is 32.3 Å². The fourth-order valence-electron chi connectivity index (χ4n) is 3.09. The summed E-state index contributed by atoms with van der Waals surface area (Å²) in [6.45, 7) is 6.53. The van der Waals surface area contributed by atoms with Gasteiger partial charge in [-0.05, 0) is 30.0 Å². The summed E-state index contributed by atoms with van der Waals surface area (Å²) in [6.07, 6.45) is 0.966. The van der Waals surface area contributed by atoms with Crippen LogP contribution in [-0.4, -0.2) is 48.1 Å². The summed E-state index contributed by atoms with van der Waals surface area (Å²) in [5.41, 5.74) is 0.933. The molecule has 5 heteroatoms. The third-order valence-corrected chi connectivity index (χ3v) is 4.45. The predicted octanol–water partition coefficient (Wildman–Crippen LogP) is 3.24. The van der Waals surface area contributed by atoms with Crippen LogP contribution in [0.25, 0.3) is 0 Å². The number of carbonyl (C=O) groups is 1. The van der Waals surface area contributed by atoms with Gasteiger partial charge in [0.1, 0.15) is 5.82 Å². The molecule has 0 aliphatic carbocycles. The Morgan fingerprint density at radius 1 is 1.26 bits per heavy atom. The lowest BCUT2D eigenvalue weighted by Crippen LogP contribution is -2.46. The van der Waals surface area contributed by atoms with Crippen molar-refractivity contribution in [2.24, 2.45) is 5.92 Å². The topological polar surface area (TPSA) is 23.6 Å². The van der Waals surface area contributed by atoms with Crippen LogP contribution in [0.15, 0.2) is 24.3 Å². The van der Waals surface area contributed by atoms with Gasteiger partial charge in [0.2, 0.25) is 5.91 Å². The molecule has 1 aromatic rings. The van der Waals surface area contributed by atoms with E-state index in [1.165, 1.54) is 12.1 Å². The molecule has 1 aliphatic heterocycles. The van der Waals surface area contributed by atoms with Gasteiger partial charge in [-0.1, -0.05) is 26.0 Å². The van der Waals surface area contributed by atoms with Crippen LogP contribution in [-0.2, 0) is 11.3 Å². The summed E-state index contributed by atoms with van der Waals surface area (Å²) in [6, 6.07) is 6.40. The lowest BCUT2D eigenvalue weighted by molar-refractivity contribution is -0.134. The second-order valence-electron chi connectivity index (χ2n) is 6.55. The Kier molecular flexibility index (Phi) is 6.51. The molecule has 0 bridgehead atoms. The summed E-state index contributed by atoms with van der Waals surface area (Å²) in [7, 11) is 0. The number of hydrogen-bond donors (Lipinski definition) is 0. The van der Waals surface area contributed by atoms with Crippen molar-refractivity contribution in [3.63, 3.8) is 0 Å². The first-order valence-electron chi connectivity index (χ1n) is 8.33. The molecule has 1 aromatic carbocycles. The summed E-state index contributed by atoms with van der Waals surface area (Å²) in [5, 5.41) is 0. The molecule has 0 radical (unpaired) electrons. The first-order chi connectivity index (χ1) is 11.0. The molecule has 1 saturated heterocycles. The molecule has 3 nitrogen and oxygen atoms in total. The van der Waals surface area contributed by atoms with Gasteiger partial charge in [-0.15, -0.1) is 0 Å². The van der Waals surface area contributed by atoms with Crippen molar-refractivity contribution in [1.29, 1.82) is 0 Å². The highest BCUT2D eigenvalue weighted by atomic mass is 19.1. The Labute approximate surface area is 137 Å². The first-order valence-corrected chi connectivity index (χ1v) is 8.33. The molecular formula is C18H26F2N2O. The van der Waals surface area contributed by atoms with Crippen LogP contribution < -0.4 is 0 Å². The highest BCUT2D eigenvalue weighted by Crippen LogP contribution is 2.21. The van der Waals surface area contributed by atoms with E-state index in [1.54, 1.807) is 12.1 Å². The molecule has 1 atom stereocenters.